The SMILES string of the molecule is CN1CCCC(O)(C2CCc3ccccc3N2)CC1. The van der Waals surface area contributed by atoms with E-state index >= 15 is 0 Å². The molecule has 3 heteroatoms. The van der Waals surface area contributed by atoms with Crippen molar-refractivity contribution in [1.29, 1.82) is 0 Å². The second-order valence-electron chi connectivity index (χ2n) is 6.15. The molecule has 1 saturated heterocycles. The molecular formula is C16H24N2O. The average Bonchev–Trinajstić information content (AvgIpc) is 2.61. The maximum Gasteiger partial charge on any atom is 0.0860 e. The minimum Gasteiger partial charge on any atom is -0.388 e. The minimum atomic E-state index is -0.543. The highest BCUT2D eigenvalue weighted by Crippen LogP contribution is 2.34. The molecule has 1 fully saturated rings. The first-order valence-electron chi connectivity index (χ1n) is 7.43. The van der Waals surface area contributed by atoms with E-state index in [-0.39, 0.29) is 6.04 Å². The molecule has 1 aromatic rings. The summed E-state index contributed by atoms with van der Waals surface area (Å²) >= 11 is 0. The molecule has 0 amide bonds. The largest absolute Gasteiger partial charge is 0.388 e. The van der Waals surface area contributed by atoms with Gasteiger partial charge in [0.25, 0.3) is 0 Å². The first kappa shape index (κ1) is 12.9. The predicted molar refractivity (Wildman–Crippen MR) is 78.5 cm³/mol. The Bertz CT molecular complexity index is 448. The fourth-order valence-corrected chi connectivity index (χ4v) is 3.47. The summed E-state index contributed by atoms with van der Waals surface area (Å²) in [5, 5.41) is 14.6. The smallest absolute Gasteiger partial charge is 0.0860 e. The van der Waals surface area contributed by atoms with Crippen LogP contribution in [0, 0.1) is 0 Å². The molecule has 3 rings (SSSR count). The Morgan fingerprint density at radius 2 is 2.11 bits per heavy atom. The van der Waals surface area contributed by atoms with Crippen molar-refractivity contribution in [3.63, 3.8) is 0 Å². The molecule has 19 heavy (non-hydrogen) atoms. The second-order valence-corrected chi connectivity index (χ2v) is 6.15. The van der Waals surface area contributed by atoms with Crippen LogP contribution in [0.3, 0.4) is 0 Å². The van der Waals surface area contributed by atoms with Crippen molar-refractivity contribution < 1.29 is 5.11 Å². The molecule has 0 saturated carbocycles. The summed E-state index contributed by atoms with van der Waals surface area (Å²) in [4.78, 5) is 2.33. The number of aryl methyl sites for hydroxylation is 1. The van der Waals surface area contributed by atoms with Gasteiger partial charge in [-0.15, -0.1) is 0 Å². The van der Waals surface area contributed by atoms with Crippen LogP contribution in [-0.4, -0.2) is 41.8 Å². The monoisotopic (exact) mass is 260 g/mol. The van der Waals surface area contributed by atoms with Crippen LogP contribution in [-0.2, 0) is 6.42 Å². The van der Waals surface area contributed by atoms with Gasteiger partial charge in [-0.2, -0.15) is 0 Å². The summed E-state index contributed by atoms with van der Waals surface area (Å²) in [7, 11) is 2.15. The third-order valence-electron chi connectivity index (χ3n) is 4.77. The number of anilines is 1. The van der Waals surface area contributed by atoms with Gasteiger partial charge in [0.05, 0.1) is 11.6 Å². The van der Waals surface area contributed by atoms with E-state index in [4.69, 9.17) is 0 Å². The number of aliphatic hydroxyl groups is 1. The van der Waals surface area contributed by atoms with E-state index in [9.17, 15) is 5.11 Å². The van der Waals surface area contributed by atoms with Crippen LogP contribution in [0.1, 0.15) is 31.2 Å². The third kappa shape index (κ3) is 2.63. The van der Waals surface area contributed by atoms with E-state index in [1.54, 1.807) is 0 Å². The lowest BCUT2D eigenvalue weighted by atomic mass is 9.81. The van der Waals surface area contributed by atoms with Gasteiger partial charge in [-0.3, -0.25) is 0 Å². The maximum absolute atomic E-state index is 11.0. The number of hydrogen-bond acceptors (Lipinski definition) is 3. The van der Waals surface area contributed by atoms with Crippen LogP contribution in [0.15, 0.2) is 24.3 Å². The lowest BCUT2D eigenvalue weighted by molar-refractivity contribution is 0.00392. The number of benzene rings is 1. The molecule has 2 N–H and O–H groups in total. The zero-order valence-electron chi connectivity index (χ0n) is 11.7. The van der Waals surface area contributed by atoms with E-state index < -0.39 is 5.60 Å². The molecule has 2 unspecified atom stereocenters. The molecule has 0 bridgehead atoms. The molecular weight excluding hydrogens is 236 g/mol. The standard InChI is InChI=1S/C16H24N2O/c1-18-11-4-9-16(19,10-12-18)15-8-7-13-5-2-3-6-14(13)17-15/h2-3,5-6,15,17,19H,4,7-12H2,1H3. The van der Waals surface area contributed by atoms with E-state index in [1.807, 2.05) is 0 Å². The van der Waals surface area contributed by atoms with Crippen molar-refractivity contribution >= 4 is 5.69 Å². The third-order valence-corrected chi connectivity index (χ3v) is 4.77. The van der Waals surface area contributed by atoms with Crippen molar-refractivity contribution in [1.82, 2.24) is 4.90 Å². The summed E-state index contributed by atoms with van der Waals surface area (Å²) in [6, 6.07) is 8.68. The summed E-state index contributed by atoms with van der Waals surface area (Å²) in [5.74, 6) is 0. The number of nitrogens with zero attached hydrogens (tertiary/aromatic N) is 1. The predicted octanol–water partition coefficient (Wildman–Crippen LogP) is 2.26. The van der Waals surface area contributed by atoms with Gasteiger partial charge in [0.1, 0.15) is 0 Å². The molecule has 0 spiro atoms. The van der Waals surface area contributed by atoms with Crippen molar-refractivity contribution in [2.75, 3.05) is 25.5 Å². The lowest BCUT2D eigenvalue weighted by Gasteiger charge is -2.39. The van der Waals surface area contributed by atoms with Gasteiger partial charge >= 0.3 is 0 Å². The quantitative estimate of drug-likeness (QED) is 0.813. The average molecular weight is 260 g/mol. The zero-order chi connectivity index (χ0) is 13.3. The van der Waals surface area contributed by atoms with Crippen molar-refractivity contribution in [3.05, 3.63) is 29.8 Å². The van der Waals surface area contributed by atoms with Crippen LogP contribution in [0.4, 0.5) is 5.69 Å². The fraction of sp³-hybridized carbons (Fsp3) is 0.625. The Hall–Kier alpha value is -1.06. The van der Waals surface area contributed by atoms with Gasteiger partial charge in [0.2, 0.25) is 0 Å². The van der Waals surface area contributed by atoms with E-state index in [0.29, 0.717) is 0 Å². The molecule has 2 aliphatic heterocycles. The number of para-hydroxylation sites is 1. The van der Waals surface area contributed by atoms with Gasteiger partial charge in [-0.1, -0.05) is 18.2 Å². The highest BCUT2D eigenvalue weighted by Gasteiger charge is 2.39. The number of fused-ring (bicyclic) bond motifs is 1. The fourth-order valence-electron chi connectivity index (χ4n) is 3.47. The van der Waals surface area contributed by atoms with E-state index in [0.717, 1.165) is 45.2 Å². The number of nitrogens with one attached hydrogen (secondary N) is 1. The van der Waals surface area contributed by atoms with Crippen LogP contribution < -0.4 is 5.32 Å². The first-order valence-corrected chi connectivity index (χ1v) is 7.43. The number of likely N-dealkylation sites (tertiary alicyclic amines) is 1. The maximum atomic E-state index is 11.0. The highest BCUT2D eigenvalue weighted by molar-refractivity contribution is 5.54. The molecule has 2 atom stereocenters. The molecule has 2 aliphatic rings. The molecule has 0 aliphatic carbocycles. The van der Waals surface area contributed by atoms with Crippen molar-refractivity contribution in [3.8, 4) is 0 Å². The summed E-state index contributed by atoms with van der Waals surface area (Å²) in [5.41, 5.74) is 2.05. The van der Waals surface area contributed by atoms with E-state index in [1.165, 1.54) is 11.3 Å². The molecule has 0 radical (unpaired) electrons. The molecule has 1 aromatic carbocycles. The zero-order valence-corrected chi connectivity index (χ0v) is 11.7. The molecule has 0 aromatic heterocycles. The Morgan fingerprint density at radius 3 is 3.00 bits per heavy atom. The first-order chi connectivity index (χ1) is 9.17. The Labute approximate surface area is 115 Å². The van der Waals surface area contributed by atoms with Crippen LogP contribution in [0.5, 0.6) is 0 Å². The Balaban J connectivity index is 1.76. The number of hydrogen-bond donors (Lipinski definition) is 2. The molecule has 3 nitrogen and oxygen atoms in total. The lowest BCUT2D eigenvalue weighted by Crippen LogP contribution is -2.49. The topological polar surface area (TPSA) is 35.5 Å². The van der Waals surface area contributed by atoms with E-state index in [2.05, 4.69) is 41.5 Å². The van der Waals surface area contributed by atoms with Gasteiger partial charge < -0.3 is 15.3 Å². The van der Waals surface area contributed by atoms with Gasteiger partial charge in [0.15, 0.2) is 0 Å². The van der Waals surface area contributed by atoms with Crippen LogP contribution >= 0.6 is 0 Å². The Kier molecular flexibility index (Phi) is 3.50. The Morgan fingerprint density at radius 1 is 1.26 bits per heavy atom. The molecule has 2 heterocycles. The number of rotatable bonds is 1. The highest BCUT2D eigenvalue weighted by atomic mass is 16.3. The summed E-state index contributed by atoms with van der Waals surface area (Å²) < 4.78 is 0. The minimum absolute atomic E-state index is 0.203. The van der Waals surface area contributed by atoms with Gasteiger partial charge in [-0.05, 0) is 57.3 Å². The van der Waals surface area contributed by atoms with Crippen molar-refractivity contribution in [2.24, 2.45) is 0 Å². The van der Waals surface area contributed by atoms with Crippen molar-refractivity contribution in [2.45, 2.75) is 43.7 Å². The normalized spacial score (nSPS) is 32.2. The van der Waals surface area contributed by atoms with Gasteiger partial charge in [0, 0.05) is 12.2 Å². The second kappa shape index (κ2) is 5.14. The van der Waals surface area contributed by atoms with Gasteiger partial charge in [-0.25, -0.2) is 0 Å². The molecule has 104 valence electrons. The summed E-state index contributed by atoms with van der Waals surface area (Å²) in [6.45, 7) is 2.10. The van der Waals surface area contributed by atoms with Crippen LogP contribution in [0.25, 0.3) is 0 Å². The van der Waals surface area contributed by atoms with Crippen LogP contribution in [0.2, 0.25) is 0 Å². The summed E-state index contributed by atoms with van der Waals surface area (Å²) in [6.07, 6.45) is 5.00.